The number of nitrogens with zero attached hydrogens (tertiary/aromatic N) is 3. The van der Waals surface area contributed by atoms with Crippen molar-refractivity contribution in [3.8, 4) is 45.2 Å². The fraction of sp³-hybridized carbons (Fsp3) is 0. The molecule has 7 aromatic carbocycles. The van der Waals surface area contributed by atoms with Crippen molar-refractivity contribution in [1.29, 1.82) is 0 Å². The lowest BCUT2D eigenvalue weighted by Gasteiger charge is -2.10. The van der Waals surface area contributed by atoms with E-state index in [1.165, 1.54) is 0 Å². The fourth-order valence-electron chi connectivity index (χ4n) is 7.74. The van der Waals surface area contributed by atoms with Crippen molar-refractivity contribution in [3.05, 3.63) is 164 Å². The van der Waals surface area contributed by atoms with E-state index in [9.17, 15) is 0 Å². The molecule has 5 heteroatoms. The molecule has 0 amide bonds. The second-order valence-corrected chi connectivity index (χ2v) is 13.1. The van der Waals surface area contributed by atoms with Gasteiger partial charge in [0.2, 0.25) is 0 Å². The number of hydrogen-bond acceptors (Lipinski definition) is 5. The number of aromatic nitrogens is 3. The van der Waals surface area contributed by atoms with E-state index in [4.69, 9.17) is 23.8 Å². The van der Waals surface area contributed by atoms with Crippen molar-refractivity contribution < 1.29 is 8.83 Å². The van der Waals surface area contributed by atoms with Crippen LogP contribution in [0, 0.1) is 0 Å². The van der Waals surface area contributed by atoms with Gasteiger partial charge in [0, 0.05) is 60.0 Å². The molecule has 0 bridgehead atoms. The van der Waals surface area contributed by atoms with Gasteiger partial charge in [-0.05, 0) is 36.4 Å². The van der Waals surface area contributed by atoms with Gasteiger partial charge in [0.15, 0.2) is 5.82 Å². The largest absolute Gasteiger partial charge is 0.456 e. The highest BCUT2D eigenvalue weighted by Crippen LogP contribution is 2.44. The van der Waals surface area contributed by atoms with Gasteiger partial charge >= 0.3 is 0 Å². The number of rotatable bonds is 4. The van der Waals surface area contributed by atoms with Gasteiger partial charge < -0.3 is 8.83 Å². The smallest absolute Gasteiger partial charge is 0.160 e. The summed E-state index contributed by atoms with van der Waals surface area (Å²) in [6.07, 6.45) is 0. The summed E-state index contributed by atoms with van der Waals surface area (Å²) in [5, 5.41) is 7.32. The third kappa shape index (κ3) is 4.33. The van der Waals surface area contributed by atoms with Crippen molar-refractivity contribution in [1.82, 2.24) is 15.0 Å². The van der Waals surface area contributed by atoms with E-state index in [-0.39, 0.29) is 0 Å². The van der Waals surface area contributed by atoms with Crippen molar-refractivity contribution >= 4 is 65.6 Å². The van der Waals surface area contributed by atoms with Crippen molar-refractivity contribution in [3.63, 3.8) is 0 Å². The zero-order valence-electron chi connectivity index (χ0n) is 27.7. The van der Waals surface area contributed by atoms with E-state index in [1.54, 1.807) is 0 Å². The molecule has 0 aliphatic rings. The van der Waals surface area contributed by atoms with Crippen LogP contribution in [-0.4, -0.2) is 15.0 Å². The van der Waals surface area contributed by atoms with Crippen LogP contribution in [0.5, 0.6) is 0 Å². The molecule has 242 valence electrons. The molecule has 52 heavy (non-hydrogen) atoms. The maximum absolute atomic E-state index is 7.05. The average molecular weight is 666 g/mol. The number of hydrogen-bond donors (Lipinski definition) is 0. The predicted octanol–water partition coefficient (Wildman–Crippen LogP) is 12.6. The lowest BCUT2D eigenvalue weighted by atomic mass is 9.97. The minimum atomic E-state index is 0.640. The topological polar surface area (TPSA) is 65.0 Å². The summed E-state index contributed by atoms with van der Waals surface area (Å²) in [7, 11) is 0. The molecule has 0 fully saturated rings. The van der Waals surface area contributed by atoms with E-state index in [0.717, 1.165) is 105 Å². The van der Waals surface area contributed by atoms with E-state index >= 15 is 0 Å². The van der Waals surface area contributed by atoms with Crippen LogP contribution >= 0.6 is 0 Å². The Balaban J connectivity index is 1.20. The molecule has 5 nitrogen and oxygen atoms in total. The van der Waals surface area contributed by atoms with Gasteiger partial charge in [-0.25, -0.2) is 15.0 Å². The minimum absolute atomic E-state index is 0.640. The first-order chi connectivity index (χ1) is 25.8. The number of pyridine rings is 1. The van der Waals surface area contributed by atoms with Crippen molar-refractivity contribution in [2.45, 2.75) is 0 Å². The third-order valence-corrected chi connectivity index (χ3v) is 10.1. The van der Waals surface area contributed by atoms with E-state index < -0.39 is 0 Å². The Morgan fingerprint density at radius 2 is 0.981 bits per heavy atom. The number of fused-ring (bicyclic) bond motifs is 10. The maximum Gasteiger partial charge on any atom is 0.160 e. The van der Waals surface area contributed by atoms with Crippen LogP contribution in [0.15, 0.2) is 173 Å². The first kappa shape index (κ1) is 28.7. The molecule has 11 aromatic rings. The molecule has 0 aliphatic carbocycles. The second-order valence-electron chi connectivity index (χ2n) is 13.1. The average Bonchev–Trinajstić information content (AvgIpc) is 3.80. The molecule has 0 spiro atoms. The van der Waals surface area contributed by atoms with Gasteiger partial charge in [-0.1, -0.05) is 127 Å². The van der Waals surface area contributed by atoms with Crippen LogP contribution in [0.2, 0.25) is 0 Å². The Morgan fingerprint density at radius 1 is 0.365 bits per heavy atom. The summed E-state index contributed by atoms with van der Waals surface area (Å²) in [6, 6.07) is 55.9. The Morgan fingerprint density at radius 3 is 1.83 bits per heavy atom. The van der Waals surface area contributed by atoms with Crippen molar-refractivity contribution in [2.24, 2.45) is 0 Å². The van der Waals surface area contributed by atoms with E-state index in [0.29, 0.717) is 5.82 Å². The van der Waals surface area contributed by atoms with E-state index in [2.05, 4.69) is 91.0 Å². The molecular weight excluding hydrogens is 639 g/mol. The molecule has 0 atom stereocenters. The molecule has 0 N–H and O–H groups in total. The molecular formula is C47H27N3O2. The van der Waals surface area contributed by atoms with Gasteiger partial charge in [0.05, 0.1) is 22.6 Å². The van der Waals surface area contributed by atoms with Crippen LogP contribution in [0.25, 0.3) is 111 Å². The zero-order valence-corrected chi connectivity index (χ0v) is 27.7. The first-order valence-corrected chi connectivity index (χ1v) is 17.4. The maximum atomic E-state index is 7.05. The minimum Gasteiger partial charge on any atom is -0.456 e. The number of furan rings is 2. The molecule has 4 heterocycles. The summed E-state index contributed by atoms with van der Waals surface area (Å²) >= 11 is 0. The molecule has 0 saturated carbocycles. The molecule has 11 rings (SSSR count). The molecule has 0 unspecified atom stereocenters. The Kier molecular flexibility index (Phi) is 6.18. The van der Waals surface area contributed by atoms with E-state index in [1.807, 2.05) is 72.8 Å². The van der Waals surface area contributed by atoms with Gasteiger partial charge in [0.25, 0.3) is 0 Å². The monoisotopic (exact) mass is 665 g/mol. The highest BCUT2D eigenvalue weighted by molar-refractivity contribution is 6.25. The van der Waals surface area contributed by atoms with Crippen LogP contribution in [0.3, 0.4) is 0 Å². The lowest BCUT2D eigenvalue weighted by Crippen LogP contribution is -1.96. The summed E-state index contributed by atoms with van der Waals surface area (Å²) in [5.41, 5.74) is 10.6. The first-order valence-electron chi connectivity index (χ1n) is 17.4. The standard InChI is InChI=1S/C47H27N3O2/c1-3-13-28(14-4-1)44-36-26-25-31-30-19-11-21-34(45(30)52-46(31)43(36)32-17-7-9-22-37(32)48-44)39-27-38(49-47(50-39)29-15-5-2-6-16-29)33-20-12-24-41-42(33)35-18-8-10-23-40(35)51-41/h1-27H. The summed E-state index contributed by atoms with van der Waals surface area (Å²) < 4.78 is 13.3. The molecule has 0 aliphatic heterocycles. The SMILES string of the molecule is c1ccc(-c2nc(-c3cccc4c3oc3c4ccc4c(-c5ccccc5)nc5ccccc5c43)cc(-c3cccc4oc5ccccc5c34)n2)cc1. The quantitative estimate of drug-likeness (QED) is 0.175. The van der Waals surface area contributed by atoms with Gasteiger partial charge in [-0.2, -0.15) is 0 Å². The van der Waals surface area contributed by atoms with Crippen LogP contribution < -0.4 is 0 Å². The van der Waals surface area contributed by atoms with Gasteiger partial charge in [-0.3, -0.25) is 0 Å². The van der Waals surface area contributed by atoms with Gasteiger partial charge in [0.1, 0.15) is 22.3 Å². The summed E-state index contributed by atoms with van der Waals surface area (Å²) in [5.74, 6) is 0.640. The Labute approximate surface area is 297 Å². The molecule has 0 saturated heterocycles. The zero-order chi connectivity index (χ0) is 34.2. The van der Waals surface area contributed by atoms with Crippen LogP contribution in [-0.2, 0) is 0 Å². The van der Waals surface area contributed by atoms with Crippen molar-refractivity contribution in [2.75, 3.05) is 0 Å². The Bertz CT molecular complexity index is 3180. The normalized spacial score (nSPS) is 11.8. The third-order valence-electron chi connectivity index (χ3n) is 10.1. The second kappa shape index (κ2) is 11.2. The highest BCUT2D eigenvalue weighted by atomic mass is 16.3. The van der Waals surface area contributed by atoms with Gasteiger partial charge in [-0.15, -0.1) is 0 Å². The molecule has 4 aromatic heterocycles. The Hall–Kier alpha value is -7.11. The predicted molar refractivity (Wildman–Crippen MR) is 211 cm³/mol. The highest BCUT2D eigenvalue weighted by Gasteiger charge is 2.21. The summed E-state index contributed by atoms with van der Waals surface area (Å²) in [6.45, 7) is 0. The number of benzene rings is 7. The molecule has 0 radical (unpaired) electrons. The summed E-state index contributed by atoms with van der Waals surface area (Å²) in [4.78, 5) is 15.5. The number of para-hydroxylation sites is 3. The van der Waals surface area contributed by atoms with Crippen LogP contribution in [0.1, 0.15) is 0 Å². The fourth-order valence-corrected chi connectivity index (χ4v) is 7.74. The van der Waals surface area contributed by atoms with Crippen LogP contribution in [0.4, 0.5) is 0 Å². The lowest BCUT2D eigenvalue weighted by molar-refractivity contribution is 0.669.